The summed E-state index contributed by atoms with van der Waals surface area (Å²) in [5.74, 6) is 0. The van der Waals surface area contributed by atoms with Gasteiger partial charge in [-0.3, -0.25) is 0 Å². The van der Waals surface area contributed by atoms with E-state index in [1.807, 2.05) is 49.6 Å². The SMILES string of the molecule is Cc1c[c-]c(-c2cc(C)c(C)cn2)cc1.Cc1ccc2cc(-c3ccnc(-c4[c-]ccc5c4oc4nc(C)ccc45)c3)ccc2c1.[Ir]. The fourth-order valence-corrected chi connectivity index (χ4v) is 5.63. The quantitative estimate of drug-likeness (QED) is 0.167. The molecule has 0 N–H and O–H groups in total. The molecule has 8 aromatic rings. The molecule has 0 aliphatic heterocycles. The standard InChI is InChI=1S/C28H19N2O.C14H14N.Ir/c1-17-6-8-20-15-21(10-9-19(20)14-17)22-12-13-29-26(16-22)25-5-3-4-23-24-11-7-18(2)30-28(24)31-27(23)25;1-10-4-6-13(7-5-10)14-8-11(2)12(3)9-15-14;/h3-4,6-16H,1-2H3;4-6,8-9H,1-3H3;/q2*-1;. The van der Waals surface area contributed by atoms with Crippen molar-refractivity contribution in [3.8, 4) is 33.6 Å². The zero-order valence-electron chi connectivity index (χ0n) is 27.0. The average molecular weight is 788 g/mol. The van der Waals surface area contributed by atoms with Crippen LogP contribution in [0.15, 0.2) is 114 Å². The second-order valence-electron chi connectivity index (χ2n) is 11.9. The van der Waals surface area contributed by atoms with Gasteiger partial charge in [0, 0.05) is 43.6 Å². The van der Waals surface area contributed by atoms with E-state index >= 15 is 0 Å². The Hall–Kier alpha value is -4.96. The second-order valence-corrected chi connectivity index (χ2v) is 11.9. The molecular weight excluding hydrogens is 755 g/mol. The summed E-state index contributed by atoms with van der Waals surface area (Å²) in [7, 11) is 0. The molecule has 8 rings (SSSR count). The predicted octanol–water partition coefficient (Wildman–Crippen LogP) is 10.8. The Labute approximate surface area is 288 Å². The molecule has 0 spiro atoms. The van der Waals surface area contributed by atoms with Gasteiger partial charge in [-0.15, -0.1) is 53.6 Å². The Kier molecular flexibility index (Phi) is 9.13. The summed E-state index contributed by atoms with van der Waals surface area (Å²) in [5, 5.41) is 4.52. The van der Waals surface area contributed by atoms with E-state index in [0.717, 1.165) is 55.7 Å². The van der Waals surface area contributed by atoms with Crippen molar-refractivity contribution in [3.63, 3.8) is 0 Å². The number of fused-ring (bicyclic) bond motifs is 4. The van der Waals surface area contributed by atoms with E-state index in [1.54, 1.807) is 0 Å². The van der Waals surface area contributed by atoms with Crippen molar-refractivity contribution in [2.45, 2.75) is 34.6 Å². The van der Waals surface area contributed by atoms with Gasteiger partial charge in [0.1, 0.15) is 0 Å². The fourth-order valence-electron chi connectivity index (χ4n) is 5.63. The van der Waals surface area contributed by atoms with Crippen LogP contribution in [0.1, 0.15) is 27.9 Å². The molecule has 0 saturated heterocycles. The molecule has 4 nitrogen and oxygen atoms in total. The van der Waals surface area contributed by atoms with Gasteiger partial charge < -0.3 is 14.4 Å². The van der Waals surface area contributed by atoms with Gasteiger partial charge in [-0.1, -0.05) is 71.5 Å². The van der Waals surface area contributed by atoms with Crippen molar-refractivity contribution in [2.24, 2.45) is 0 Å². The number of rotatable bonds is 3. The third-order valence-corrected chi connectivity index (χ3v) is 8.40. The Morgan fingerprint density at radius 1 is 0.617 bits per heavy atom. The van der Waals surface area contributed by atoms with E-state index < -0.39 is 0 Å². The van der Waals surface area contributed by atoms with Crippen LogP contribution in [0, 0.1) is 46.8 Å². The predicted molar refractivity (Wildman–Crippen MR) is 189 cm³/mol. The molecule has 0 fully saturated rings. The third kappa shape index (κ3) is 6.64. The summed E-state index contributed by atoms with van der Waals surface area (Å²) < 4.78 is 6.15. The Morgan fingerprint density at radius 2 is 1.40 bits per heavy atom. The number of pyridine rings is 3. The number of nitrogens with zero attached hydrogens (tertiary/aromatic N) is 3. The molecule has 0 saturated carbocycles. The Morgan fingerprint density at radius 3 is 2.21 bits per heavy atom. The fraction of sp³-hybridized carbons (Fsp3) is 0.119. The minimum absolute atomic E-state index is 0. The van der Waals surface area contributed by atoms with Crippen molar-refractivity contribution >= 4 is 32.8 Å². The number of hydrogen-bond donors (Lipinski definition) is 0. The molecule has 4 heterocycles. The van der Waals surface area contributed by atoms with Gasteiger partial charge in [-0.25, -0.2) is 4.98 Å². The zero-order valence-corrected chi connectivity index (χ0v) is 29.4. The van der Waals surface area contributed by atoms with Crippen LogP contribution in [-0.4, -0.2) is 15.0 Å². The topological polar surface area (TPSA) is 51.8 Å². The molecule has 0 atom stereocenters. The number of furan rings is 1. The maximum Gasteiger partial charge on any atom is 0.216 e. The first-order valence-electron chi connectivity index (χ1n) is 15.4. The van der Waals surface area contributed by atoms with Crippen LogP contribution in [0.3, 0.4) is 0 Å². The van der Waals surface area contributed by atoms with Crippen molar-refractivity contribution in [2.75, 3.05) is 0 Å². The molecule has 4 aromatic heterocycles. The Bertz CT molecular complexity index is 2370. The first kappa shape index (κ1) is 32.0. The molecule has 47 heavy (non-hydrogen) atoms. The molecule has 233 valence electrons. The smallest absolute Gasteiger partial charge is 0.216 e. The molecule has 5 heteroatoms. The van der Waals surface area contributed by atoms with Crippen LogP contribution in [0.2, 0.25) is 0 Å². The summed E-state index contributed by atoms with van der Waals surface area (Å²) in [6.07, 6.45) is 3.76. The van der Waals surface area contributed by atoms with Gasteiger partial charge in [0.05, 0.1) is 5.58 Å². The van der Waals surface area contributed by atoms with E-state index in [0.29, 0.717) is 5.71 Å². The second kappa shape index (κ2) is 13.4. The van der Waals surface area contributed by atoms with Gasteiger partial charge in [0.25, 0.3) is 0 Å². The maximum absolute atomic E-state index is 6.15. The summed E-state index contributed by atoms with van der Waals surface area (Å²) >= 11 is 0. The number of aromatic nitrogens is 3. The van der Waals surface area contributed by atoms with E-state index in [2.05, 4.69) is 122 Å². The molecule has 1 radical (unpaired) electrons. The monoisotopic (exact) mass is 788 g/mol. The summed E-state index contributed by atoms with van der Waals surface area (Å²) in [6, 6.07) is 40.1. The minimum atomic E-state index is 0. The van der Waals surface area contributed by atoms with Crippen LogP contribution in [0.25, 0.3) is 66.5 Å². The van der Waals surface area contributed by atoms with Crippen molar-refractivity contribution in [1.29, 1.82) is 0 Å². The van der Waals surface area contributed by atoms with Gasteiger partial charge in [0.15, 0.2) is 0 Å². The average Bonchev–Trinajstić information content (AvgIpc) is 3.44. The van der Waals surface area contributed by atoms with Crippen LogP contribution < -0.4 is 0 Å². The maximum atomic E-state index is 6.15. The van der Waals surface area contributed by atoms with E-state index in [4.69, 9.17) is 4.42 Å². The molecular formula is C42H33IrN3O-2. The summed E-state index contributed by atoms with van der Waals surface area (Å²) in [6.45, 7) is 10.3. The Balaban J connectivity index is 0.000000204. The van der Waals surface area contributed by atoms with Gasteiger partial charge in [-0.05, 0) is 90.8 Å². The van der Waals surface area contributed by atoms with Crippen LogP contribution >= 0.6 is 0 Å². The molecule has 0 unspecified atom stereocenters. The normalized spacial score (nSPS) is 10.9. The summed E-state index contributed by atoms with van der Waals surface area (Å²) in [4.78, 5) is 13.6. The zero-order chi connectivity index (χ0) is 31.8. The van der Waals surface area contributed by atoms with Gasteiger partial charge >= 0.3 is 0 Å². The van der Waals surface area contributed by atoms with E-state index in [9.17, 15) is 0 Å². The molecule has 0 aliphatic carbocycles. The largest absolute Gasteiger partial charge is 0.486 e. The molecule has 0 aliphatic rings. The van der Waals surface area contributed by atoms with Crippen molar-refractivity contribution < 1.29 is 24.5 Å². The first-order valence-corrected chi connectivity index (χ1v) is 15.4. The van der Waals surface area contributed by atoms with Gasteiger partial charge in [-0.2, -0.15) is 0 Å². The van der Waals surface area contributed by atoms with Crippen molar-refractivity contribution in [1.82, 2.24) is 15.0 Å². The molecule has 0 amide bonds. The first-order chi connectivity index (χ1) is 22.3. The number of hydrogen-bond acceptors (Lipinski definition) is 4. The van der Waals surface area contributed by atoms with Crippen molar-refractivity contribution in [3.05, 3.63) is 150 Å². The van der Waals surface area contributed by atoms with Gasteiger partial charge in [0.2, 0.25) is 5.71 Å². The number of benzene rings is 4. The summed E-state index contributed by atoms with van der Waals surface area (Å²) in [5.41, 5.74) is 13.4. The minimum Gasteiger partial charge on any atom is -0.486 e. The third-order valence-electron chi connectivity index (χ3n) is 8.40. The van der Waals surface area contributed by atoms with Crippen LogP contribution in [0.5, 0.6) is 0 Å². The van der Waals surface area contributed by atoms with E-state index in [-0.39, 0.29) is 20.1 Å². The molecule has 4 aromatic carbocycles. The van der Waals surface area contributed by atoms with Crippen LogP contribution in [-0.2, 0) is 20.1 Å². The molecule has 0 bridgehead atoms. The van der Waals surface area contributed by atoms with Crippen LogP contribution in [0.4, 0.5) is 0 Å². The number of aryl methyl sites for hydroxylation is 5. The van der Waals surface area contributed by atoms with E-state index in [1.165, 1.54) is 33.0 Å².